The number of aryl methyl sites for hydroxylation is 1. The van der Waals surface area contributed by atoms with Gasteiger partial charge in [-0.05, 0) is 25.1 Å². The van der Waals surface area contributed by atoms with Crippen molar-refractivity contribution in [3.8, 4) is 11.4 Å². The van der Waals surface area contributed by atoms with Gasteiger partial charge in [-0.15, -0.1) is 0 Å². The van der Waals surface area contributed by atoms with Crippen LogP contribution in [0.3, 0.4) is 0 Å². The fourth-order valence-electron chi connectivity index (χ4n) is 2.92. The Balaban J connectivity index is 1.84. The van der Waals surface area contributed by atoms with Gasteiger partial charge >= 0.3 is 0 Å². The highest BCUT2D eigenvalue weighted by Crippen LogP contribution is 2.27. The van der Waals surface area contributed by atoms with Crippen LogP contribution < -0.4 is 4.90 Å². The van der Waals surface area contributed by atoms with Crippen LogP contribution in [-0.2, 0) is 11.8 Å². The van der Waals surface area contributed by atoms with Crippen LogP contribution in [-0.4, -0.2) is 50.8 Å². The van der Waals surface area contributed by atoms with E-state index in [2.05, 4.69) is 39.3 Å². The SMILES string of the molecule is C[C@@H]1COCCN1c1ccc2c(n1)c(-c1cc[nH]n1)nn2C. The Morgan fingerprint density at radius 1 is 1.32 bits per heavy atom. The van der Waals surface area contributed by atoms with E-state index in [0.29, 0.717) is 6.04 Å². The maximum absolute atomic E-state index is 5.51. The molecule has 0 unspecified atom stereocenters. The van der Waals surface area contributed by atoms with Gasteiger partial charge in [-0.25, -0.2) is 4.98 Å². The first kappa shape index (κ1) is 13.3. The molecule has 7 nitrogen and oxygen atoms in total. The summed E-state index contributed by atoms with van der Waals surface area (Å²) in [4.78, 5) is 7.14. The molecule has 22 heavy (non-hydrogen) atoms. The van der Waals surface area contributed by atoms with Crippen LogP contribution in [0.25, 0.3) is 22.4 Å². The van der Waals surface area contributed by atoms with Crippen LogP contribution in [0.1, 0.15) is 6.92 Å². The number of hydrogen-bond acceptors (Lipinski definition) is 5. The van der Waals surface area contributed by atoms with Gasteiger partial charge in [-0.2, -0.15) is 10.2 Å². The van der Waals surface area contributed by atoms with E-state index in [1.807, 2.05) is 17.8 Å². The summed E-state index contributed by atoms with van der Waals surface area (Å²) >= 11 is 0. The first-order valence-electron chi connectivity index (χ1n) is 7.42. The van der Waals surface area contributed by atoms with E-state index >= 15 is 0 Å². The van der Waals surface area contributed by atoms with Crippen LogP contribution in [0, 0.1) is 0 Å². The van der Waals surface area contributed by atoms with E-state index in [-0.39, 0.29) is 0 Å². The van der Waals surface area contributed by atoms with E-state index in [1.54, 1.807) is 6.20 Å². The average molecular weight is 298 g/mol. The van der Waals surface area contributed by atoms with Gasteiger partial charge < -0.3 is 9.64 Å². The second kappa shape index (κ2) is 5.10. The summed E-state index contributed by atoms with van der Waals surface area (Å²) in [5.41, 5.74) is 3.50. The lowest BCUT2D eigenvalue weighted by Crippen LogP contribution is -2.44. The minimum absolute atomic E-state index is 0.323. The minimum Gasteiger partial charge on any atom is -0.377 e. The molecule has 0 radical (unpaired) electrons. The molecule has 4 heterocycles. The van der Waals surface area contributed by atoms with Crippen molar-refractivity contribution >= 4 is 16.9 Å². The van der Waals surface area contributed by atoms with Crippen molar-refractivity contribution in [1.82, 2.24) is 25.0 Å². The van der Waals surface area contributed by atoms with E-state index in [0.717, 1.165) is 48.0 Å². The van der Waals surface area contributed by atoms with Gasteiger partial charge in [0.05, 0.1) is 24.8 Å². The van der Waals surface area contributed by atoms with Gasteiger partial charge in [0.25, 0.3) is 0 Å². The number of morpholine rings is 1. The van der Waals surface area contributed by atoms with E-state index in [4.69, 9.17) is 9.72 Å². The molecule has 0 bridgehead atoms. The number of fused-ring (bicyclic) bond motifs is 1. The maximum Gasteiger partial charge on any atom is 0.139 e. The molecule has 0 amide bonds. The van der Waals surface area contributed by atoms with Gasteiger partial charge in [0.15, 0.2) is 0 Å². The van der Waals surface area contributed by atoms with Crippen LogP contribution in [0.4, 0.5) is 5.82 Å². The molecule has 1 fully saturated rings. The van der Waals surface area contributed by atoms with Crippen molar-refractivity contribution in [1.29, 1.82) is 0 Å². The minimum atomic E-state index is 0.323. The Kier molecular flexibility index (Phi) is 3.07. The van der Waals surface area contributed by atoms with Crippen molar-refractivity contribution in [2.24, 2.45) is 7.05 Å². The third-order valence-electron chi connectivity index (χ3n) is 4.09. The van der Waals surface area contributed by atoms with Gasteiger partial charge in [-0.3, -0.25) is 9.78 Å². The number of aromatic amines is 1. The number of H-pyrrole nitrogens is 1. The zero-order valence-electron chi connectivity index (χ0n) is 12.7. The van der Waals surface area contributed by atoms with Crippen molar-refractivity contribution in [2.75, 3.05) is 24.7 Å². The summed E-state index contributed by atoms with van der Waals surface area (Å²) in [7, 11) is 1.93. The largest absolute Gasteiger partial charge is 0.377 e. The fourth-order valence-corrected chi connectivity index (χ4v) is 2.92. The lowest BCUT2D eigenvalue weighted by atomic mass is 10.2. The summed E-state index contributed by atoms with van der Waals surface area (Å²) in [6.45, 7) is 4.49. The molecule has 1 atom stereocenters. The molecule has 114 valence electrons. The van der Waals surface area contributed by atoms with Gasteiger partial charge in [-0.1, -0.05) is 0 Å². The van der Waals surface area contributed by atoms with Crippen molar-refractivity contribution < 1.29 is 4.74 Å². The molecule has 1 N–H and O–H groups in total. The van der Waals surface area contributed by atoms with E-state index < -0.39 is 0 Å². The molecule has 3 aromatic heterocycles. The molecule has 3 aromatic rings. The summed E-state index contributed by atoms with van der Waals surface area (Å²) in [6, 6.07) is 6.36. The fraction of sp³-hybridized carbons (Fsp3) is 0.400. The Hall–Kier alpha value is -2.41. The molecule has 4 rings (SSSR count). The van der Waals surface area contributed by atoms with Crippen LogP contribution >= 0.6 is 0 Å². The zero-order chi connectivity index (χ0) is 15.1. The molecule has 1 saturated heterocycles. The number of ether oxygens (including phenoxy) is 1. The first-order chi connectivity index (χ1) is 10.7. The number of anilines is 1. The molecule has 0 aromatic carbocycles. The third kappa shape index (κ3) is 2.05. The predicted molar refractivity (Wildman–Crippen MR) is 83.7 cm³/mol. The van der Waals surface area contributed by atoms with Gasteiger partial charge in [0.1, 0.15) is 22.7 Å². The van der Waals surface area contributed by atoms with Crippen molar-refractivity contribution in [3.05, 3.63) is 24.4 Å². The summed E-state index contributed by atoms with van der Waals surface area (Å²) in [5.74, 6) is 0.966. The Labute approximate surface area is 127 Å². The van der Waals surface area contributed by atoms with Gasteiger partial charge in [0, 0.05) is 19.8 Å². The smallest absolute Gasteiger partial charge is 0.139 e. The molecular formula is C15H18N6O. The number of rotatable bonds is 2. The summed E-state index contributed by atoms with van der Waals surface area (Å²) < 4.78 is 7.35. The lowest BCUT2D eigenvalue weighted by Gasteiger charge is -2.34. The molecule has 0 spiro atoms. The second-order valence-electron chi connectivity index (χ2n) is 5.59. The monoisotopic (exact) mass is 298 g/mol. The highest BCUT2D eigenvalue weighted by atomic mass is 16.5. The molecule has 7 heteroatoms. The zero-order valence-corrected chi connectivity index (χ0v) is 12.7. The highest BCUT2D eigenvalue weighted by molar-refractivity contribution is 5.90. The van der Waals surface area contributed by atoms with E-state index in [1.165, 1.54) is 0 Å². The average Bonchev–Trinajstić information content (AvgIpc) is 3.16. The molecular weight excluding hydrogens is 280 g/mol. The van der Waals surface area contributed by atoms with E-state index in [9.17, 15) is 0 Å². The highest BCUT2D eigenvalue weighted by Gasteiger charge is 2.22. The Morgan fingerprint density at radius 3 is 3.00 bits per heavy atom. The third-order valence-corrected chi connectivity index (χ3v) is 4.09. The topological polar surface area (TPSA) is 71.9 Å². The maximum atomic E-state index is 5.51. The lowest BCUT2D eigenvalue weighted by molar-refractivity contribution is 0.0986. The molecule has 0 saturated carbocycles. The van der Waals surface area contributed by atoms with Crippen LogP contribution in [0.15, 0.2) is 24.4 Å². The molecule has 0 aliphatic carbocycles. The number of pyridine rings is 1. The number of aromatic nitrogens is 5. The Bertz CT molecular complexity index is 794. The van der Waals surface area contributed by atoms with Gasteiger partial charge in [0.2, 0.25) is 0 Å². The quantitative estimate of drug-likeness (QED) is 0.778. The van der Waals surface area contributed by atoms with Crippen molar-refractivity contribution in [2.45, 2.75) is 13.0 Å². The summed E-state index contributed by atoms with van der Waals surface area (Å²) in [6.07, 6.45) is 1.80. The Morgan fingerprint density at radius 2 is 2.23 bits per heavy atom. The second-order valence-corrected chi connectivity index (χ2v) is 5.59. The standard InChI is InChI=1S/C15H18N6O/c1-10-9-22-8-7-21(10)13-4-3-12-15(17-13)14(19-20(12)2)11-5-6-16-18-11/h3-6,10H,7-9H2,1-2H3,(H,16,18)/t10-/m1/s1. The predicted octanol–water partition coefficient (Wildman–Crippen LogP) is 1.58. The number of nitrogens with one attached hydrogen (secondary N) is 1. The van der Waals surface area contributed by atoms with Crippen LogP contribution in [0.2, 0.25) is 0 Å². The molecule has 1 aliphatic heterocycles. The van der Waals surface area contributed by atoms with Crippen molar-refractivity contribution in [3.63, 3.8) is 0 Å². The first-order valence-corrected chi connectivity index (χ1v) is 7.42. The summed E-state index contributed by atoms with van der Waals surface area (Å²) in [5, 5.41) is 11.6. The number of nitrogens with zero attached hydrogens (tertiary/aromatic N) is 5. The normalized spacial score (nSPS) is 19.0. The molecule has 1 aliphatic rings. The van der Waals surface area contributed by atoms with Crippen LogP contribution in [0.5, 0.6) is 0 Å². The number of hydrogen-bond donors (Lipinski definition) is 1.